The van der Waals surface area contributed by atoms with Crippen LogP contribution in [0.4, 0.5) is 0 Å². The molecular formula is C35H74NO4P. The fourth-order valence-electron chi connectivity index (χ4n) is 5.52. The standard InChI is InChI=1S/C35H74NO4P/c1-4-7-10-13-16-17-20-24-29-34-39-41(37,38)40-35-30-25-23-28-33-36(31-26-21-18-14-11-8-5-2)32-27-22-19-15-12-9-6-3/h4-35H2,1-3H3,(H,37,38). The molecule has 1 N–H and O–H groups in total. The van der Waals surface area contributed by atoms with E-state index < -0.39 is 7.82 Å². The van der Waals surface area contributed by atoms with Gasteiger partial charge in [-0.15, -0.1) is 0 Å². The summed E-state index contributed by atoms with van der Waals surface area (Å²) in [5.41, 5.74) is 0. The first-order valence-corrected chi connectivity index (χ1v) is 19.9. The van der Waals surface area contributed by atoms with Crippen molar-refractivity contribution in [3.05, 3.63) is 0 Å². The largest absolute Gasteiger partial charge is 0.472 e. The number of nitrogens with zero attached hydrogens (tertiary/aromatic N) is 1. The lowest BCUT2D eigenvalue weighted by Crippen LogP contribution is -2.27. The van der Waals surface area contributed by atoms with E-state index in [2.05, 4.69) is 25.7 Å². The Morgan fingerprint density at radius 3 is 0.951 bits per heavy atom. The van der Waals surface area contributed by atoms with Crippen LogP contribution in [0.1, 0.15) is 194 Å². The summed E-state index contributed by atoms with van der Waals surface area (Å²) in [5.74, 6) is 0. The van der Waals surface area contributed by atoms with Crippen molar-refractivity contribution in [1.29, 1.82) is 0 Å². The molecule has 0 amide bonds. The van der Waals surface area contributed by atoms with Crippen LogP contribution in [0.2, 0.25) is 0 Å². The van der Waals surface area contributed by atoms with Crippen molar-refractivity contribution >= 4 is 7.82 Å². The van der Waals surface area contributed by atoms with Gasteiger partial charge >= 0.3 is 7.82 Å². The highest BCUT2D eigenvalue weighted by Gasteiger charge is 2.20. The van der Waals surface area contributed by atoms with E-state index in [0.717, 1.165) is 32.1 Å². The summed E-state index contributed by atoms with van der Waals surface area (Å²) in [7, 11) is -3.90. The molecule has 0 radical (unpaired) electrons. The van der Waals surface area contributed by atoms with Crippen LogP contribution in [0, 0.1) is 0 Å². The van der Waals surface area contributed by atoms with Gasteiger partial charge in [-0.2, -0.15) is 0 Å². The summed E-state index contributed by atoms with van der Waals surface area (Å²) in [6, 6.07) is 0. The van der Waals surface area contributed by atoms with Gasteiger partial charge < -0.3 is 9.79 Å². The van der Waals surface area contributed by atoms with Gasteiger partial charge in [0.25, 0.3) is 0 Å². The number of phosphoric acid groups is 1. The molecule has 41 heavy (non-hydrogen) atoms. The van der Waals surface area contributed by atoms with Gasteiger partial charge in [0.15, 0.2) is 0 Å². The van der Waals surface area contributed by atoms with Crippen molar-refractivity contribution in [2.75, 3.05) is 32.8 Å². The highest BCUT2D eigenvalue weighted by Crippen LogP contribution is 2.43. The molecule has 0 rings (SSSR count). The fourth-order valence-corrected chi connectivity index (χ4v) is 6.32. The van der Waals surface area contributed by atoms with E-state index in [1.807, 2.05) is 0 Å². The van der Waals surface area contributed by atoms with Crippen LogP contribution in [0.3, 0.4) is 0 Å². The molecule has 6 heteroatoms. The molecule has 0 aliphatic heterocycles. The second-order valence-electron chi connectivity index (χ2n) is 12.5. The molecule has 0 saturated carbocycles. The van der Waals surface area contributed by atoms with Crippen molar-refractivity contribution < 1.29 is 18.5 Å². The molecule has 0 saturated heterocycles. The number of phosphoric ester groups is 1. The van der Waals surface area contributed by atoms with Crippen molar-refractivity contribution in [3.63, 3.8) is 0 Å². The fraction of sp³-hybridized carbons (Fsp3) is 1.00. The Morgan fingerprint density at radius 1 is 0.415 bits per heavy atom. The van der Waals surface area contributed by atoms with Crippen LogP contribution < -0.4 is 0 Å². The van der Waals surface area contributed by atoms with Gasteiger partial charge in [0.1, 0.15) is 0 Å². The van der Waals surface area contributed by atoms with Crippen LogP contribution in [0.15, 0.2) is 0 Å². The smallest absolute Gasteiger partial charge is 0.303 e. The summed E-state index contributed by atoms with van der Waals surface area (Å²) in [6.07, 6.45) is 34.4. The van der Waals surface area contributed by atoms with Gasteiger partial charge in [0, 0.05) is 0 Å². The van der Waals surface area contributed by atoms with Crippen LogP contribution in [0.25, 0.3) is 0 Å². The van der Waals surface area contributed by atoms with Gasteiger partial charge in [-0.25, -0.2) is 4.57 Å². The molecule has 0 fully saturated rings. The third-order valence-electron chi connectivity index (χ3n) is 8.28. The second kappa shape index (κ2) is 33.0. The average Bonchev–Trinajstić information content (AvgIpc) is 2.96. The van der Waals surface area contributed by atoms with Gasteiger partial charge in [0.2, 0.25) is 0 Å². The maximum atomic E-state index is 12.1. The molecule has 0 aliphatic rings. The molecular weight excluding hydrogens is 529 g/mol. The summed E-state index contributed by atoms with van der Waals surface area (Å²) >= 11 is 0. The topological polar surface area (TPSA) is 59.0 Å². The SMILES string of the molecule is CCCCCCCCCCCOP(=O)(O)OCCCCCCN(CCCCCCCCC)CCCCCCCCC. The highest BCUT2D eigenvalue weighted by atomic mass is 31.2. The van der Waals surface area contributed by atoms with Crippen LogP contribution >= 0.6 is 7.82 Å². The number of hydrogen-bond acceptors (Lipinski definition) is 4. The zero-order chi connectivity index (χ0) is 30.1. The number of rotatable bonds is 35. The van der Waals surface area contributed by atoms with E-state index in [1.165, 1.54) is 161 Å². The summed E-state index contributed by atoms with van der Waals surface area (Å²) in [4.78, 5) is 12.6. The zero-order valence-corrected chi connectivity index (χ0v) is 29.1. The first-order chi connectivity index (χ1) is 20.1. The molecule has 1 unspecified atom stereocenters. The van der Waals surface area contributed by atoms with E-state index in [1.54, 1.807) is 0 Å². The average molecular weight is 604 g/mol. The highest BCUT2D eigenvalue weighted by molar-refractivity contribution is 7.47. The van der Waals surface area contributed by atoms with E-state index >= 15 is 0 Å². The summed E-state index contributed by atoms with van der Waals surface area (Å²) in [6.45, 7) is 11.1. The van der Waals surface area contributed by atoms with Crippen molar-refractivity contribution in [2.45, 2.75) is 194 Å². The van der Waals surface area contributed by atoms with E-state index in [0.29, 0.717) is 13.2 Å². The second-order valence-corrected chi connectivity index (χ2v) is 13.9. The first kappa shape index (κ1) is 41.1. The summed E-state index contributed by atoms with van der Waals surface area (Å²) in [5, 5.41) is 0. The Bertz CT molecular complexity index is 530. The van der Waals surface area contributed by atoms with E-state index in [4.69, 9.17) is 9.05 Å². The van der Waals surface area contributed by atoms with E-state index in [-0.39, 0.29) is 0 Å². The monoisotopic (exact) mass is 604 g/mol. The molecule has 0 heterocycles. The Hall–Kier alpha value is 0.0700. The summed E-state index contributed by atoms with van der Waals surface area (Å²) < 4.78 is 22.5. The molecule has 0 aromatic carbocycles. The predicted molar refractivity (Wildman–Crippen MR) is 180 cm³/mol. The van der Waals surface area contributed by atoms with Gasteiger partial charge in [-0.3, -0.25) is 9.05 Å². The third-order valence-corrected chi connectivity index (χ3v) is 9.30. The Morgan fingerprint density at radius 2 is 0.659 bits per heavy atom. The third kappa shape index (κ3) is 32.8. The van der Waals surface area contributed by atoms with Gasteiger partial charge in [0.05, 0.1) is 13.2 Å². The number of hydrogen-bond donors (Lipinski definition) is 1. The minimum atomic E-state index is -3.90. The predicted octanol–water partition coefficient (Wildman–Crippen LogP) is 12.0. The number of unbranched alkanes of at least 4 members (excludes halogenated alkanes) is 23. The maximum absolute atomic E-state index is 12.1. The molecule has 0 aromatic rings. The van der Waals surface area contributed by atoms with E-state index in [9.17, 15) is 9.46 Å². The molecule has 0 aliphatic carbocycles. The quantitative estimate of drug-likeness (QED) is 0.0577. The van der Waals surface area contributed by atoms with Crippen molar-refractivity contribution in [1.82, 2.24) is 4.90 Å². The molecule has 248 valence electrons. The molecule has 5 nitrogen and oxygen atoms in total. The van der Waals surface area contributed by atoms with Crippen molar-refractivity contribution in [2.24, 2.45) is 0 Å². The lowest BCUT2D eigenvalue weighted by atomic mass is 10.1. The van der Waals surface area contributed by atoms with Gasteiger partial charge in [-0.1, -0.05) is 162 Å². The molecule has 1 atom stereocenters. The molecule has 0 bridgehead atoms. The zero-order valence-electron chi connectivity index (χ0n) is 28.2. The molecule has 0 aromatic heterocycles. The minimum absolute atomic E-state index is 0.311. The first-order valence-electron chi connectivity index (χ1n) is 18.4. The van der Waals surface area contributed by atoms with Gasteiger partial charge in [-0.05, 0) is 51.7 Å². The lowest BCUT2D eigenvalue weighted by molar-refractivity contribution is 0.145. The van der Waals surface area contributed by atoms with Crippen LogP contribution in [0.5, 0.6) is 0 Å². The Labute approximate surface area is 257 Å². The Balaban J connectivity index is 3.90. The minimum Gasteiger partial charge on any atom is -0.303 e. The Kier molecular flexibility index (Phi) is 33.0. The molecule has 0 spiro atoms. The van der Waals surface area contributed by atoms with Crippen LogP contribution in [-0.2, 0) is 13.6 Å². The van der Waals surface area contributed by atoms with Crippen molar-refractivity contribution in [3.8, 4) is 0 Å². The van der Waals surface area contributed by atoms with Crippen LogP contribution in [-0.4, -0.2) is 42.6 Å². The lowest BCUT2D eigenvalue weighted by Gasteiger charge is -2.22. The maximum Gasteiger partial charge on any atom is 0.472 e. The normalized spacial score (nSPS) is 13.3.